The number of nitrogens with one attached hydrogen (secondary N) is 1. The maximum Gasteiger partial charge on any atom is 0.320 e. The molecule has 0 saturated heterocycles. The Morgan fingerprint density at radius 1 is 1.50 bits per heavy atom. The lowest BCUT2D eigenvalue weighted by Gasteiger charge is -2.07. The molecule has 0 aliphatic rings. The van der Waals surface area contributed by atoms with Crippen molar-refractivity contribution in [2.75, 3.05) is 6.54 Å². The summed E-state index contributed by atoms with van der Waals surface area (Å²) in [6.07, 6.45) is 5.16. The van der Waals surface area contributed by atoms with E-state index in [0.29, 0.717) is 6.61 Å². The number of rotatable bonds is 5. The van der Waals surface area contributed by atoms with Crippen LogP contribution in [0.5, 0.6) is 0 Å². The number of benzene rings is 1. The Hall–Kier alpha value is -1.79. The van der Waals surface area contributed by atoms with Gasteiger partial charge in [0, 0.05) is 0 Å². The van der Waals surface area contributed by atoms with Crippen molar-refractivity contribution in [1.82, 2.24) is 5.32 Å². The third kappa shape index (κ3) is 4.63. The van der Waals surface area contributed by atoms with Gasteiger partial charge in [0.1, 0.15) is 6.61 Å². The molecule has 84 valence electrons. The maximum atomic E-state index is 11.3. The van der Waals surface area contributed by atoms with Crippen LogP contribution in [0.4, 0.5) is 0 Å². The van der Waals surface area contributed by atoms with Gasteiger partial charge in [0.05, 0.1) is 12.6 Å². The van der Waals surface area contributed by atoms with Gasteiger partial charge >= 0.3 is 5.97 Å². The zero-order valence-corrected chi connectivity index (χ0v) is 9.27. The van der Waals surface area contributed by atoms with Crippen LogP contribution in [0.3, 0.4) is 0 Å². The summed E-state index contributed by atoms with van der Waals surface area (Å²) >= 11 is 0. The highest BCUT2D eigenvalue weighted by atomic mass is 16.5. The van der Waals surface area contributed by atoms with E-state index in [9.17, 15) is 4.79 Å². The predicted molar refractivity (Wildman–Crippen MR) is 62.5 cm³/mol. The molecule has 3 heteroatoms. The van der Waals surface area contributed by atoms with Gasteiger partial charge in [0.15, 0.2) is 0 Å². The second kappa shape index (κ2) is 6.65. The fourth-order valence-corrected chi connectivity index (χ4v) is 1.08. The summed E-state index contributed by atoms with van der Waals surface area (Å²) in [7, 11) is 0. The van der Waals surface area contributed by atoms with E-state index >= 15 is 0 Å². The predicted octanol–water partition coefficient (Wildman–Crippen LogP) is 1.34. The van der Waals surface area contributed by atoms with E-state index in [0.717, 1.165) is 5.56 Å². The Labute approximate surface area is 95.8 Å². The van der Waals surface area contributed by atoms with Crippen molar-refractivity contribution in [3.8, 4) is 12.3 Å². The summed E-state index contributed by atoms with van der Waals surface area (Å²) in [5, 5.41) is 2.86. The van der Waals surface area contributed by atoms with Gasteiger partial charge in [-0.2, -0.15) is 0 Å². The summed E-state index contributed by atoms with van der Waals surface area (Å²) in [4.78, 5) is 11.3. The van der Waals surface area contributed by atoms with Crippen molar-refractivity contribution >= 4 is 5.97 Å². The van der Waals surface area contributed by atoms with Gasteiger partial charge in [-0.3, -0.25) is 10.1 Å². The van der Waals surface area contributed by atoms with Gasteiger partial charge in [-0.05, 0) is 12.5 Å². The molecule has 0 saturated carbocycles. The first-order valence-electron chi connectivity index (χ1n) is 5.11. The number of hydrogen-bond donors (Lipinski definition) is 1. The van der Waals surface area contributed by atoms with E-state index in [1.807, 2.05) is 37.3 Å². The van der Waals surface area contributed by atoms with E-state index in [4.69, 9.17) is 11.2 Å². The maximum absolute atomic E-state index is 11.3. The van der Waals surface area contributed by atoms with Crippen molar-refractivity contribution in [3.05, 3.63) is 35.9 Å². The lowest BCUT2D eigenvalue weighted by molar-refractivity contribution is -0.143. The lowest BCUT2D eigenvalue weighted by atomic mass is 10.2. The average Bonchev–Trinajstić information content (AvgIpc) is 2.34. The summed E-state index contributed by atoms with van der Waals surface area (Å²) in [6, 6.07) is 9.42. The van der Waals surface area contributed by atoms with E-state index in [1.165, 1.54) is 0 Å². The van der Waals surface area contributed by atoms with Crippen LogP contribution in [-0.2, 0) is 16.1 Å². The van der Waals surface area contributed by atoms with E-state index < -0.39 is 0 Å². The largest absolute Gasteiger partial charge is 0.460 e. The first-order valence-corrected chi connectivity index (χ1v) is 5.11. The topological polar surface area (TPSA) is 38.3 Å². The zero-order valence-electron chi connectivity index (χ0n) is 9.27. The van der Waals surface area contributed by atoms with Crippen LogP contribution in [0.15, 0.2) is 30.3 Å². The fourth-order valence-electron chi connectivity index (χ4n) is 1.08. The minimum atomic E-state index is -0.300. The van der Waals surface area contributed by atoms with Gasteiger partial charge in [-0.15, -0.1) is 6.42 Å². The SMILES string of the molecule is C#CC(C)NCC(=O)OCc1ccccc1. The molecule has 0 amide bonds. The third-order valence-corrected chi connectivity index (χ3v) is 2.05. The Bertz CT molecular complexity index is 367. The standard InChI is InChI=1S/C13H15NO2/c1-3-11(2)14-9-13(15)16-10-12-7-5-4-6-8-12/h1,4-8,11,14H,9-10H2,2H3. The Morgan fingerprint density at radius 3 is 2.81 bits per heavy atom. The molecule has 1 aromatic rings. The van der Waals surface area contributed by atoms with Crippen molar-refractivity contribution in [1.29, 1.82) is 0 Å². The second-order valence-corrected chi connectivity index (χ2v) is 3.42. The third-order valence-electron chi connectivity index (χ3n) is 2.05. The van der Waals surface area contributed by atoms with Crippen LogP contribution >= 0.6 is 0 Å². The molecule has 0 heterocycles. The second-order valence-electron chi connectivity index (χ2n) is 3.42. The Balaban J connectivity index is 2.24. The zero-order chi connectivity index (χ0) is 11.8. The van der Waals surface area contributed by atoms with Gasteiger partial charge in [0.25, 0.3) is 0 Å². The van der Waals surface area contributed by atoms with Crippen molar-refractivity contribution in [2.24, 2.45) is 0 Å². The van der Waals surface area contributed by atoms with Crippen LogP contribution in [0, 0.1) is 12.3 Å². The highest BCUT2D eigenvalue weighted by Crippen LogP contribution is 2.00. The van der Waals surface area contributed by atoms with Gasteiger partial charge in [0.2, 0.25) is 0 Å². The smallest absolute Gasteiger partial charge is 0.320 e. The van der Waals surface area contributed by atoms with Gasteiger partial charge < -0.3 is 4.74 Å². The Morgan fingerprint density at radius 2 is 2.19 bits per heavy atom. The van der Waals surface area contributed by atoms with Gasteiger partial charge in [-0.1, -0.05) is 36.3 Å². The van der Waals surface area contributed by atoms with Crippen LogP contribution in [0.2, 0.25) is 0 Å². The molecule has 0 aliphatic carbocycles. The van der Waals surface area contributed by atoms with E-state index in [1.54, 1.807) is 0 Å². The number of carbonyl (C=O) groups excluding carboxylic acids is 1. The van der Waals surface area contributed by atoms with Crippen LogP contribution < -0.4 is 5.32 Å². The minimum Gasteiger partial charge on any atom is -0.460 e. The summed E-state index contributed by atoms with van der Waals surface area (Å²) in [5.41, 5.74) is 0.973. The lowest BCUT2D eigenvalue weighted by Crippen LogP contribution is -2.31. The average molecular weight is 217 g/mol. The molecule has 0 aliphatic heterocycles. The molecule has 0 radical (unpaired) electrons. The fraction of sp³-hybridized carbons (Fsp3) is 0.308. The van der Waals surface area contributed by atoms with E-state index in [2.05, 4.69) is 11.2 Å². The molecule has 1 unspecified atom stereocenters. The molecule has 0 aromatic heterocycles. The number of carbonyl (C=O) groups is 1. The first kappa shape index (κ1) is 12.3. The molecule has 1 atom stereocenters. The first-order chi connectivity index (χ1) is 7.72. The normalized spacial score (nSPS) is 11.5. The van der Waals surface area contributed by atoms with E-state index in [-0.39, 0.29) is 18.6 Å². The molecule has 1 aromatic carbocycles. The Kier molecular flexibility index (Phi) is 5.10. The van der Waals surface area contributed by atoms with Crippen LogP contribution in [-0.4, -0.2) is 18.6 Å². The molecular formula is C13H15NO2. The number of esters is 1. The highest BCUT2D eigenvalue weighted by molar-refractivity contribution is 5.71. The highest BCUT2D eigenvalue weighted by Gasteiger charge is 2.04. The number of ether oxygens (including phenoxy) is 1. The summed E-state index contributed by atoms with van der Waals surface area (Å²) in [6.45, 7) is 2.24. The molecule has 3 nitrogen and oxygen atoms in total. The van der Waals surface area contributed by atoms with Crippen LogP contribution in [0.25, 0.3) is 0 Å². The monoisotopic (exact) mass is 217 g/mol. The molecule has 0 spiro atoms. The molecule has 16 heavy (non-hydrogen) atoms. The van der Waals surface area contributed by atoms with Crippen molar-refractivity contribution < 1.29 is 9.53 Å². The molecule has 0 bridgehead atoms. The minimum absolute atomic E-state index is 0.121. The summed E-state index contributed by atoms with van der Waals surface area (Å²) < 4.78 is 5.05. The van der Waals surface area contributed by atoms with Crippen LogP contribution in [0.1, 0.15) is 12.5 Å². The molecule has 1 N–H and O–H groups in total. The quantitative estimate of drug-likeness (QED) is 0.597. The van der Waals surface area contributed by atoms with Crippen molar-refractivity contribution in [2.45, 2.75) is 19.6 Å². The molecule has 0 fully saturated rings. The number of terminal acetylenes is 1. The molecule has 1 rings (SSSR count). The number of hydrogen-bond acceptors (Lipinski definition) is 3. The molecular weight excluding hydrogens is 202 g/mol. The van der Waals surface area contributed by atoms with Gasteiger partial charge in [-0.25, -0.2) is 0 Å². The summed E-state index contributed by atoms with van der Waals surface area (Å²) in [5.74, 6) is 2.18. The van der Waals surface area contributed by atoms with Crippen molar-refractivity contribution in [3.63, 3.8) is 0 Å².